The third-order valence-electron chi connectivity index (χ3n) is 10.6. The molecular weight excluding hydrogens is 731 g/mol. The minimum atomic E-state index is 0.592. The van der Waals surface area contributed by atoms with Crippen LogP contribution >= 0.6 is 0 Å². The predicted molar refractivity (Wildman–Crippen MR) is 244 cm³/mol. The second-order valence-electron chi connectivity index (χ2n) is 14.6. The number of nitrogens with zero attached hydrogens (tertiary/aromatic N) is 5. The van der Waals surface area contributed by atoms with Crippen molar-refractivity contribution in [2.24, 2.45) is 0 Å². The highest BCUT2D eigenvalue weighted by molar-refractivity contribution is 5.83. The summed E-state index contributed by atoms with van der Waals surface area (Å²) in [6.45, 7) is 0. The maximum atomic E-state index is 5.31. The second kappa shape index (κ2) is 16.4. The molecule has 0 aliphatic carbocycles. The van der Waals surface area contributed by atoms with Crippen molar-refractivity contribution in [1.29, 1.82) is 0 Å². The topological polar surface area (TPSA) is 64.5 Å². The Balaban J connectivity index is 1.14. The molecule has 0 fully saturated rings. The molecule has 0 aliphatic heterocycles. The van der Waals surface area contributed by atoms with E-state index in [2.05, 4.69) is 143 Å². The number of hydrogen-bond acceptors (Lipinski definition) is 5. The van der Waals surface area contributed by atoms with Gasteiger partial charge in [-0.1, -0.05) is 152 Å². The molecule has 0 amide bonds. The average Bonchev–Trinajstić information content (AvgIpc) is 3.35. The zero-order chi connectivity index (χ0) is 40.1. The van der Waals surface area contributed by atoms with E-state index in [1.807, 2.05) is 91.3 Å². The number of benzene rings is 7. The van der Waals surface area contributed by atoms with Crippen LogP contribution < -0.4 is 0 Å². The average molecular weight is 768 g/mol. The molecule has 7 aromatic carbocycles. The van der Waals surface area contributed by atoms with E-state index in [1.54, 1.807) is 0 Å². The Kier molecular flexibility index (Phi) is 9.88. The summed E-state index contributed by atoms with van der Waals surface area (Å²) in [5.41, 5.74) is 15.4. The summed E-state index contributed by atoms with van der Waals surface area (Å²) in [5, 5.41) is 0. The largest absolute Gasteiger partial charge is 0.256 e. The second-order valence-corrected chi connectivity index (χ2v) is 14.6. The zero-order valence-corrected chi connectivity index (χ0v) is 32.6. The first kappa shape index (κ1) is 36.2. The maximum absolute atomic E-state index is 5.31. The highest BCUT2D eigenvalue weighted by Crippen LogP contribution is 2.36. The van der Waals surface area contributed by atoms with Gasteiger partial charge in [0.15, 0.2) is 17.5 Å². The van der Waals surface area contributed by atoms with Crippen molar-refractivity contribution < 1.29 is 0 Å². The van der Waals surface area contributed by atoms with Crippen LogP contribution in [0.2, 0.25) is 0 Å². The molecular formula is C55H37N5. The number of aromatic nitrogens is 5. The SMILES string of the molecule is c1ccc(-c2cc(-c3ccc(-c4ccccn4)cc3)cc(-c3nc(-c4ccccc4)nc(-c4cc(-c5ccccc5)cc(-c5ccc(-c6ccccn6)cc5)c4)n3)c2)cc1. The first-order valence-electron chi connectivity index (χ1n) is 20.0. The molecule has 0 atom stereocenters. The summed E-state index contributed by atoms with van der Waals surface area (Å²) in [7, 11) is 0. The smallest absolute Gasteiger partial charge is 0.164 e. The Bertz CT molecular complexity index is 2840. The molecule has 0 saturated heterocycles. The van der Waals surface area contributed by atoms with Crippen LogP contribution in [0, 0.1) is 0 Å². The Morgan fingerprint density at radius 3 is 0.833 bits per heavy atom. The molecule has 0 radical (unpaired) electrons. The van der Waals surface area contributed by atoms with Gasteiger partial charge in [0.25, 0.3) is 0 Å². The zero-order valence-electron chi connectivity index (χ0n) is 32.6. The van der Waals surface area contributed by atoms with Crippen LogP contribution in [0.3, 0.4) is 0 Å². The highest BCUT2D eigenvalue weighted by Gasteiger charge is 2.17. The lowest BCUT2D eigenvalue weighted by atomic mass is 9.94. The van der Waals surface area contributed by atoms with Gasteiger partial charge in [0.05, 0.1) is 11.4 Å². The van der Waals surface area contributed by atoms with Crippen LogP contribution in [-0.2, 0) is 0 Å². The lowest BCUT2D eigenvalue weighted by Crippen LogP contribution is -2.01. The van der Waals surface area contributed by atoms with E-state index in [0.717, 1.165) is 83.7 Å². The van der Waals surface area contributed by atoms with E-state index < -0.39 is 0 Å². The molecule has 5 heteroatoms. The molecule has 0 aliphatic rings. The van der Waals surface area contributed by atoms with Crippen LogP contribution in [0.4, 0.5) is 0 Å². The van der Waals surface area contributed by atoms with E-state index >= 15 is 0 Å². The van der Waals surface area contributed by atoms with Gasteiger partial charge >= 0.3 is 0 Å². The fourth-order valence-corrected chi connectivity index (χ4v) is 7.53. The van der Waals surface area contributed by atoms with Crippen molar-refractivity contribution in [3.05, 3.63) is 225 Å². The third kappa shape index (κ3) is 7.76. The van der Waals surface area contributed by atoms with Crippen molar-refractivity contribution in [1.82, 2.24) is 24.9 Å². The van der Waals surface area contributed by atoms with Gasteiger partial charge in [0.1, 0.15) is 0 Å². The number of hydrogen-bond donors (Lipinski definition) is 0. The Morgan fingerprint density at radius 1 is 0.200 bits per heavy atom. The van der Waals surface area contributed by atoms with Crippen LogP contribution in [0.15, 0.2) is 225 Å². The van der Waals surface area contributed by atoms with Gasteiger partial charge in [-0.3, -0.25) is 9.97 Å². The molecule has 0 saturated carbocycles. The normalized spacial score (nSPS) is 11.0. The molecule has 0 spiro atoms. The molecule has 282 valence electrons. The molecule has 0 N–H and O–H groups in total. The molecule has 3 aromatic heterocycles. The molecule has 5 nitrogen and oxygen atoms in total. The molecule has 0 unspecified atom stereocenters. The van der Waals surface area contributed by atoms with E-state index in [4.69, 9.17) is 15.0 Å². The summed E-state index contributed by atoms with van der Waals surface area (Å²) < 4.78 is 0. The van der Waals surface area contributed by atoms with Crippen LogP contribution in [0.5, 0.6) is 0 Å². The van der Waals surface area contributed by atoms with Crippen molar-refractivity contribution >= 4 is 0 Å². The van der Waals surface area contributed by atoms with E-state index in [1.165, 1.54) is 0 Å². The lowest BCUT2D eigenvalue weighted by Gasteiger charge is -2.14. The van der Waals surface area contributed by atoms with Crippen molar-refractivity contribution in [2.75, 3.05) is 0 Å². The standard InChI is InChI=1S/C55H37N5/c1-4-14-38(15-5-1)45-32-47(40-22-26-42(27-23-40)51-20-10-12-30-56-51)36-49(34-45)54-58-53(44-18-8-3-9-19-44)59-55(60-54)50-35-46(39-16-6-2-7-17-39)33-48(37-50)41-24-28-43(29-25-41)52-21-11-13-31-57-52/h1-37H. The van der Waals surface area contributed by atoms with Gasteiger partial charge in [-0.2, -0.15) is 0 Å². The lowest BCUT2D eigenvalue weighted by molar-refractivity contribution is 1.07. The minimum Gasteiger partial charge on any atom is -0.256 e. The Hall–Kier alpha value is -8.15. The van der Waals surface area contributed by atoms with Crippen molar-refractivity contribution in [2.45, 2.75) is 0 Å². The Labute approximate surface area is 349 Å². The molecule has 10 aromatic rings. The fraction of sp³-hybridized carbons (Fsp3) is 0. The molecule has 3 heterocycles. The minimum absolute atomic E-state index is 0.592. The van der Waals surface area contributed by atoms with Gasteiger partial charge in [0.2, 0.25) is 0 Å². The Morgan fingerprint density at radius 2 is 0.483 bits per heavy atom. The third-order valence-corrected chi connectivity index (χ3v) is 10.6. The summed E-state index contributed by atoms with van der Waals surface area (Å²) >= 11 is 0. The van der Waals surface area contributed by atoms with Gasteiger partial charge in [-0.25, -0.2) is 15.0 Å². The highest BCUT2D eigenvalue weighted by atomic mass is 15.0. The summed E-state index contributed by atoms with van der Waals surface area (Å²) in [5.74, 6) is 1.79. The van der Waals surface area contributed by atoms with E-state index in [9.17, 15) is 0 Å². The van der Waals surface area contributed by atoms with Gasteiger partial charge in [-0.05, 0) is 105 Å². The van der Waals surface area contributed by atoms with Crippen LogP contribution in [0.1, 0.15) is 0 Å². The first-order valence-corrected chi connectivity index (χ1v) is 20.0. The van der Waals surface area contributed by atoms with Gasteiger partial charge < -0.3 is 0 Å². The first-order chi connectivity index (χ1) is 29.7. The number of pyridine rings is 2. The van der Waals surface area contributed by atoms with Crippen molar-refractivity contribution in [3.8, 4) is 101 Å². The summed E-state index contributed by atoms with van der Waals surface area (Å²) in [6.07, 6.45) is 3.65. The molecule has 60 heavy (non-hydrogen) atoms. The fourth-order valence-electron chi connectivity index (χ4n) is 7.53. The predicted octanol–water partition coefficient (Wildman–Crippen LogP) is 13.7. The molecule has 10 rings (SSSR count). The van der Waals surface area contributed by atoms with Crippen LogP contribution in [-0.4, -0.2) is 24.9 Å². The number of rotatable bonds is 9. The van der Waals surface area contributed by atoms with E-state index in [0.29, 0.717) is 17.5 Å². The van der Waals surface area contributed by atoms with Gasteiger partial charge in [-0.15, -0.1) is 0 Å². The molecule has 0 bridgehead atoms. The van der Waals surface area contributed by atoms with E-state index in [-0.39, 0.29) is 0 Å². The summed E-state index contributed by atoms with van der Waals surface area (Å²) in [6, 6.07) is 73.4. The maximum Gasteiger partial charge on any atom is 0.164 e. The van der Waals surface area contributed by atoms with Crippen LogP contribution in [0.25, 0.3) is 101 Å². The monoisotopic (exact) mass is 767 g/mol. The quantitative estimate of drug-likeness (QED) is 0.146. The van der Waals surface area contributed by atoms with Gasteiger partial charge in [0, 0.05) is 40.2 Å². The van der Waals surface area contributed by atoms with Crippen molar-refractivity contribution in [3.63, 3.8) is 0 Å². The summed E-state index contributed by atoms with van der Waals surface area (Å²) in [4.78, 5) is 24.8.